The summed E-state index contributed by atoms with van der Waals surface area (Å²) in [4.78, 5) is 13.1. The smallest absolute Gasteiger partial charge is 0.211 e. The minimum absolute atomic E-state index is 0.242. The first-order chi connectivity index (χ1) is 5.74. The lowest BCUT2D eigenvalue weighted by Crippen LogP contribution is -1.86. The quantitative estimate of drug-likeness (QED) is 0.486. The second kappa shape index (κ2) is 3.79. The van der Waals surface area contributed by atoms with Crippen LogP contribution >= 0.6 is 0 Å². The van der Waals surface area contributed by atoms with E-state index in [0.29, 0.717) is 5.56 Å². The number of aryl methyl sites for hydroxylation is 1. The topological polar surface area (TPSA) is 29.4 Å². The third-order valence-electron chi connectivity index (χ3n) is 1.55. The summed E-state index contributed by atoms with van der Waals surface area (Å²) in [5, 5.41) is 0. The van der Waals surface area contributed by atoms with Crippen molar-refractivity contribution in [3.05, 3.63) is 35.1 Å². The van der Waals surface area contributed by atoms with Gasteiger partial charge in [0.1, 0.15) is 5.82 Å². The van der Waals surface area contributed by atoms with Crippen molar-refractivity contribution in [3.8, 4) is 0 Å². The van der Waals surface area contributed by atoms with E-state index in [-0.39, 0.29) is 12.4 Å². The van der Waals surface area contributed by atoms with Gasteiger partial charge in [-0.1, -0.05) is 12.1 Å². The Morgan fingerprint density at radius 1 is 1.58 bits per heavy atom. The zero-order valence-electron chi connectivity index (χ0n) is 6.67. The summed E-state index contributed by atoms with van der Waals surface area (Å²) in [5.41, 5.74) is 1.38. The van der Waals surface area contributed by atoms with Crippen LogP contribution in [-0.2, 0) is 11.3 Å². The molecule has 3 heteroatoms. The molecule has 0 amide bonds. The normalized spacial score (nSPS) is 9.17. The molecule has 0 aliphatic heterocycles. The predicted molar refractivity (Wildman–Crippen MR) is 43.0 cm³/mol. The number of benzene rings is 1. The van der Waals surface area contributed by atoms with Crippen LogP contribution in [0, 0.1) is 12.7 Å². The molecule has 0 bridgehead atoms. The summed E-state index contributed by atoms with van der Waals surface area (Å²) < 4.78 is 12.7. The van der Waals surface area contributed by atoms with Crippen molar-refractivity contribution in [1.29, 1.82) is 0 Å². The fraction of sp³-hybridized carbons (Fsp3) is 0.222. The molecule has 12 heavy (non-hydrogen) atoms. The van der Waals surface area contributed by atoms with Gasteiger partial charge in [0, 0.05) is 0 Å². The van der Waals surface area contributed by atoms with E-state index in [1.807, 2.05) is 0 Å². The number of hydrogen-bond acceptors (Lipinski definition) is 2. The molecular weight excluding hydrogens is 157 g/mol. The highest BCUT2D eigenvalue weighted by molar-refractivity contribution is 5.34. The average Bonchev–Trinajstić information content (AvgIpc) is 2.07. The first-order valence-corrected chi connectivity index (χ1v) is 3.52. The maximum atomic E-state index is 12.7. The molecule has 0 N–H and O–H groups in total. The van der Waals surface area contributed by atoms with Gasteiger partial charge in [-0.05, 0) is 24.1 Å². The molecule has 0 spiro atoms. The summed E-state index contributed by atoms with van der Waals surface area (Å²) in [6, 6.07) is 4.63. The highest BCUT2D eigenvalue weighted by atomic mass is 19.1. The monoisotopic (exact) mass is 165 g/mol. The van der Waals surface area contributed by atoms with Crippen molar-refractivity contribution in [2.45, 2.75) is 13.5 Å². The van der Waals surface area contributed by atoms with Crippen LogP contribution in [0.5, 0.6) is 0 Å². The van der Waals surface area contributed by atoms with Crippen LogP contribution in [-0.4, -0.2) is 6.08 Å². The van der Waals surface area contributed by atoms with E-state index in [4.69, 9.17) is 0 Å². The van der Waals surface area contributed by atoms with Crippen molar-refractivity contribution >= 4 is 6.08 Å². The minimum Gasteiger partial charge on any atom is -0.211 e. The van der Waals surface area contributed by atoms with Crippen molar-refractivity contribution in [2.24, 2.45) is 4.99 Å². The van der Waals surface area contributed by atoms with Gasteiger partial charge in [0.25, 0.3) is 0 Å². The Hall–Kier alpha value is -1.47. The predicted octanol–water partition coefficient (Wildman–Crippen LogP) is 1.97. The molecule has 0 aromatic heterocycles. The third kappa shape index (κ3) is 2.01. The summed E-state index contributed by atoms with van der Waals surface area (Å²) in [6.07, 6.45) is 1.43. The minimum atomic E-state index is -0.242. The third-order valence-corrected chi connectivity index (χ3v) is 1.55. The summed E-state index contributed by atoms with van der Waals surface area (Å²) in [6.45, 7) is 1.94. The van der Waals surface area contributed by atoms with E-state index in [9.17, 15) is 9.18 Å². The standard InChI is InChI=1S/C9H8FNO/c1-7-4-8(5-11-6-12)2-3-9(7)10/h2-4H,5H2,1H3. The van der Waals surface area contributed by atoms with Crippen LogP contribution in [0.25, 0.3) is 0 Å². The van der Waals surface area contributed by atoms with Crippen LogP contribution in [0.15, 0.2) is 23.2 Å². The Morgan fingerprint density at radius 2 is 2.33 bits per heavy atom. The molecular formula is C9H8FNO. The first-order valence-electron chi connectivity index (χ1n) is 3.52. The van der Waals surface area contributed by atoms with E-state index < -0.39 is 0 Å². The molecule has 0 saturated carbocycles. The van der Waals surface area contributed by atoms with E-state index in [0.717, 1.165) is 5.56 Å². The molecule has 0 fully saturated rings. The molecule has 0 saturated heterocycles. The van der Waals surface area contributed by atoms with Crippen LogP contribution in [0.3, 0.4) is 0 Å². The second-order valence-electron chi connectivity index (χ2n) is 2.49. The first kappa shape index (κ1) is 8.62. The molecule has 1 aromatic carbocycles. The molecule has 62 valence electrons. The highest BCUT2D eigenvalue weighted by Crippen LogP contribution is 2.09. The molecule has 0 unspecified atom stereocenters. The molecule has 0 aliphatic rings. The number of carbonyl (C=O) groups excluding carboxylic acids is 1. The Balaban J connectivity index is 2.89. The summed E-state index contributed by atoms with van der Waals surface area (Å²) in [7, 11) is 0. The zero-order chi connectivity index (χ0) is 8.97. The lowest BCUT2D eigenvalue weighted by atomic mass is 10.1. The van der Waals surface area contributed by atoms with E-state index in [1.54, 1.807) is 19.1 Å². The molecule has 0 aliphatic carbocycles. The van der Waals surface area contributed by atoms with E-state index >= 15 is 0 Å². The van der Waals surface area contributed by atoms with Crippen LogP contribution < -0.4 is 0 Å². The van der Waals surface area contributed by atoms with Crippen molar-refractivity contribution in [1.82, 2.24) is 0 Å². The maximum Gasteiger partial charge on any atom is 0.235 e. The molecule has 2 nitrogen and oxygen atoms in total. The lowest BCUT2D eigenvalue weighted by Gasteiger charge is -1.98. The van der Waals surface area contributed by atoms with E-state index in [2.05, 4.69) is 4.99 Å². The molecule has 1 aromatic rings. The van der Waals surface area contributed by atoms with Crippen molar-refractivity contribution in [2.75, 3.05) is 0 Å². The van der Waals surface area contributed by atoms with Gasteiger partial charge in [-0.25, -0.2) is 14.2 Å². The fourth-order valence-corrected chi connectivity index (χ4v) is 0.929. The van der Waals surface area contributed by atoms with Gasteiger partial charge in [-0.2, -0.15) is 0 Å². The number of halogens is 1. The largest absolute Gasteiger partial charge is 0.235 e. The number of aliphatic imine (C=N–C) groups is 1. The van der Waals surface area contributed by atoms with Crippen LogP contribution in [0.1, 0.15) is 11.1 Å². The van der Waals surface area contributed by atoms with Crippen LogP contribution in [0.2, 0.25) is 0 Å². The Kier molecular flexibility index (Phi) is 2.72. The van der Waals surface area contributed by atoms with Gasteiger partial charge in [0.05, 0.1) is 6.54 Å². The van der Waals surface area contributed by atoms with Crippen molar-refractivity contribution < 1.29 is 9.18 Å². The molecule has 0 heterocycles. The Morgan fingerprint density at radius 3 is 2.92 bits per heavy atom. The van der Waals surface area contributed by atoms with Gasteiger partial charge in [-0.3, -0.25) is 0 Å². The number of hydrogen-bond donors (Lipinski definition) is 0. The van der Waals surface area contributed by atoms with Gasteiger partial charge >= 0.3 is 0 Å². The van der Waals surface area contributed by atoms with Gasteiger partial charge in [-0.15, -0.1) is 0 Å². The van der Waals surface area contributed by atoms with Crippen LogP contribution in [0.4, 0.5) is 4.39 Å². The number of isocyanates is 1. The Labute approximate surface area is 69.7 Å². The van der Waals surface area contributed by atoms with Gasteiger partial charge in [0.15, 0.2) is 0 Å². The molecule has 1 rings (SSSR count). The highest BCUT2D eigenvalue weighted by Gasteiger charge is 1.97. The second-order valence-corrected chi connectivity index (χ2v) is 2.49. The molecule has 0 radical (unpaired) electrons. The number of rotatable bonds is 2. The zero-order valence-corrected chi connectivity index (χ0v) is 6.67. The lowest BCUT2D eigenvalue weighted by molar-refractivity contribution is 0.562. The van der Waals surface area contributed by atoms with Crippen molar-refractivity contribution in [3.63, 3.8) is 0 Å². The summed E-state index contributed by atoms with van der Waals surface area (Å²) >= 11 is 0. The SMILES string of the molecule is Cc1cc(CN=C=O)ccc1F. The Bertz CT molecular complexity index is 329. The summed E-state index contributed by atoms with van der Waals surface area (Å²) in [5.74, 6) is -0.242. The average molecular weight is 165 g/mol. The molecule has 0 atom stereocenters. The van der Waals surface area contributed by atoms with Gasteiger partial charge in [0.2, 0.25) is 6.08 Å². The maximum absolute atomic E-state index is 12.7. The van der Waals surface area contributed by atoms with Gasteiger partial charge < -0.3 is 0 Å². The fourth-order valence-electron chi connectivity index (χ4n) is 0.929. The van der Waals surface area contributed by atoms with E-state index in [1.165, 1.54) is 12.1 Å². The number of nitrogens with zero attached hydrogens (tertiary/aromatic N) is 1.